The van der Waals surface area contributed by atoms with E-state index in [-0.39, 0.29) is 24.7 Å². The Kier molecular flexibility index (Phi) is 7.50. The zero-order valence-corrected chi connectivity index (χ0v) is 13.3. The molecular formula is C15H28N2O4. The third kappa shape index (κ3) is 5.19. The molecule has 1 heterocycles. The molecule has 122 valence electrons. The van der Waals surface area contributed by atoms with Gasteiger partial charge in [-0.3, -0.25) is 4.79 Å². The van der Waals surface area contributed by atoms with Gasteiger partial charge in [0.2, 0.25) is 0 Å². The minimum absolute atomic E-state index is 0.0994. The van der Waals surface area contributed by atoms with E-state index in [0.29, 0.717) is 13.2 Å². The number of urea groups is 1. The van der Waals surface area contributed by atoms with Crippen LogP contribution in [0, 0.1) is 5.92 Å². The van der Waals surface area contributed by atoms with Crippen LogP contribution in [0.5, 0.6) is 0 Å². The summed E-state index contributed by atoms with van der Waals surface area (Å²) < 4.78 is 5.28. The number of nitrogens with one attached hydrogen (secondary N) is 1. The molecule has 2 N–H and O–H groups in total. The molecule has 6 nitrogen and oxygen atoms in total. The molecule has 0 aromatic heterocycles. The van der Waals surface area contributed by atoms with Crippen LogP contribution in [0.4, 0.5) is 4.79 Å². The first-order chi connectivity index (χ1) is 10.0. The third-order valence-electron chi connectivity index (χ3n) is 3.85. The van der Waals surface area contributed by atoms with Gasteiger partial charge in [-0.1, -0.05) is 26.7 Å². The van der Waals surface area contributed by atoms with Crippen LogP contribution in [-0.4, -0.2) is 53.8 Å². The van der Waals surface area contributed by atoms with Crippen LogP contribution < -0.4 is 5.32 Å². The van der Waals surface area contributed by atoms with Crippen molar-refractivity contribution >= 4 is 12.0 Å². The fourth-order valence-corrected chi connectivity index (χ4v) is 2.62. The van der Waals surface area contributed by atoms with Crippen LogP contribution in [-0.2, 0) is 9.53 Å². The topological polar surface area (TPSA) is 78.9 Å². The molecule has 0 bridgehead atoms. The maximum atomic E-state index is 12.4. The number of hydrogen-bond donors (Lipinski definition) is 2. The molecule has 3 unspecified atom stereocenters. The number of aliphatic carboxylic acids is 1. The summed E-state index contributed by atoms with van der Waals surface area (Å²) >= 11 is 0. The molecule has 21 heavy (non-hydrogen) atoms. The number of carboxylic acid groups (broad SMARTS) is 1. The molecule has 3 atom stereocenters. The Bertz CT molecular complexity index is 349. The zero-order valence-electron chi connectivity index (χ0n) is 13.3. The lowest BCUT2D eigenvalue weighted by Gasteiger charge is -2.31. The van der Waals surface area contributed by atoms with Crippen molar-refractivity contribution in [2.24, 2.45) is 5.92 Å². The second-order valence-electron chi connectivity index (χ2n) is 5.74. The van der Waals surface area contributed by atoms with Crippen LogP contribution in [0.2, 0.25) is 0 Å². The zero-order chi connectivity index (χ0) is 15.8. The molecule has 0 aliphatic carbocycles. The van der Waals surface area contributed by atoms with Crippen LogP contribution in [0.15, 0.2) is 0 Å². The Morgan fingerprint density at radius 2 is 2.05 bits per heavy atom. The standard InChI is InChI=1S/C15H28N2O4/c1-4-6-7-11(3)16-15(20)17(8-5-2)13-10-21-9-12(13)14(18)19/h11-13H,4-10H2,1-3H3,(H,16,20)(H,18,19). The van der Waals surface area contributed by atoms with E-state index in [9.17, 15) is 14.7 Å². The summed E-state index contributed by atoms with van der Waals surface area (Å²) in [6.07, 6.45) is 3.89. The van der Waals surface area contributed by atoms with Gasteiger partial charge in [0.25, 0.3) is 0 Å². The van der Waals surface area contributed by atoms with Gasteiger partial charge in [-0.2, -0.15) is 0 Å². The fraction of sp³-hybridized carbons (Fsp3) is 0.867. The van der Waals surface area contributed by atoms with Crippen molar-refractivity contribution in [2.45, 2.75) is 58.5 Å². The van der Waals surface area contributed by atoms with Gasteiger partial charge in [0.15, 0.2) is 0 Å². The van der Waals surface area contributed by atoms with Gasteiger partial charge >= 0.3 is 12.0 Å². The lowest BCUT2D eigenvalue weighted by atomic mass is 10.0. The van der Waals surface area contributed by atoms with E-state index < -0.39 is 11.9 Å². The number of nitrogens with zero attached hydrogens (tertiary/aromatic N) is 1. The Morgan fingerprint density at radius 1 is 1.33 bits per heavy atom. The monoisotopic (exact) mass is 300 g/mol. The Hall–Kier alpha value is -1.30. The van der Waals surface area contributed by atoms with Gasteiger partial charge in [-0.15, -0.1) is 0 Å². The number of amides is 2. The van der Waals surface area contributed by atoms with E-state index in [2.05, 4.69) is 12.2 Å². The molecular weight excluding hydrogens is 272 g/mol. The number of carbonyl (C=O) groups is 2. The SMILES string of the molecule is CCCCC(C)NC(=O)N(CCC)C1COCC1C(=O)O. The summed E-state index contributed by atoms with van der Waals surface area (Å²) in [7, 11) is 0. The summed E-state index contributed by atoms with van der Waals surface area (Å²) in [5, 5.41) is 12.2. The van der Waals surface area contributed by atoms with Crippen molar-refractivity contribution in [1.82, 2.24) is 10.2 Å². The smallest absolute Gasteiger partial charge is 0.317 e. The van der Waals surface area contributed by atoms with Crippen LogP contribution in [0.25, 0.3) is 0 Å². The molecule has 1 aliphatic rings. The first kappa shape index (κ1) is 17.8. The van der Waals surface area contributed by atoms with Crippen LogP contribution >= 0.6 is 0 Å². The van der Waals surface area contributed by atoms with E-state index in [0.717, 1.165) is 25.7 Å². The molecule has 6 heteroatoms. The predicted octanol–water partition coefficient (Wildman–Crippen LogP) is 2.09. The van der Waals surface area contributed by atoms with E-state index in [1.54, 1.807) is 4.90 Å². The molecule has 0 aromatic carbocycles. The first-order valence-corrected chi connectivity index (χ1v) is 7.88. The van der Waals surface area contributed by atoms with E-state index in [1.807, 2.05) is 13.8 Å². The number of carboxylic acids is 1. The molecule has 0 spiro atoms. The lowest BCUT2D eigenvalue weighted by Crippen LogP contribution is -2.52. The molecule has 1 fully saturated rings. The molecule has 2 amide bonds. The Balaban J connectivity index is 2.67. The van der Waals surface area contributed by atoms with Crippen LogP contribution in [0.1, 0.15) is 46.5 Å². The van der Waals surface area contributed by atoms with Gasteiger partial charge in [0.1, 0.15) is 5.92 Å². The maximum absolute atomic E-state index is 12.4. The first-order valence-electron chi connectivity index (χ1n) is 7.88. The van der Waals surface area contributed by atoms with Gasteiger partial charge < -0.3 is 20.1 Å². The largest absolute Gasteiger partial charge is 0.481 e. The van der Waals surface area contributed by atoms with Gasteiger partial charge in [0, 0.05) is 12.6 Å². The van der Waals surface area contributed by atoms with Crippen LogP contribution in [0.3, 0.4) is 0 Å². The maximum Gasteiger partial charge on any atom is 0.317 e. The van der Waals surface area contributed by atoms with Crippen molar-refractivity contribution in [2.75, 3.05) is 19.8 Å². The molecule has 1 rings (SSSR count). The van der Waals surface area contributed by atoms with Crippen molar-refractivity contribution in [3.8, 4) is 0 Å². The fourth-order valence-electron chi connectivity index (χ4n) is 2.62. The van der Waals surface area contributed by atoms with Gasteiger partial charge in [-0.05, 0) is 19.8 Å². The van der Waals surface area contributed by atoms with E-state index >= 15 is 0 Å². The second-order valence-corrected chi connectivity index (χ2v) is 5.74. The van der Waals surface area contributed by atoms with Gasteiger partial charge in [0.05, 0.1) is 19.3 Å². The highest BCUT2D eigenvalue weighted by atomic mass is 16.5. The Labute approximate surface area is 126 Å². The number of carbonyl (C=O) groups excluding carboxylic acids is 1. The summed E-state index contributed by atoms with van der Waals surface area (Å²) in [5.74, 6) is -1.53. The quantitative estimate of drug-likeness (QED) is 0.719. The number of rotatable bonds is 8. The van der Waals surface area contributed by atoms with Crippen molar-refractivity contribution in [3.63, 3.8) is 0 Å². The van der Waals surface area contributed by atoms with E-state index in [1.165, 1.54) is 0 Å². The molecule has 0 aromatic rings. The third-order valence-corrected chi connectivity index (χ3v) is 3.85. The van der Waals surface area contributed by atoms with Crippen molar-refractivity contribution in [1.29, 1.82) is 0 Å². The second kappa shape index (κ2) is 8.87. The highest BCUT2D eigenvalue weighted by Gasteiger charge is 2.39. The number of hydrogen-bond acceptors (Lipinski definition) is 3. The minimum atomic E-state index is -0.898. The minimum Gasteiger partial charge on any atom is -0.481 e. The Morgan fingerprint density at radius 3 is 2.62 bits per heavy atom. The molecule has 1 saturated heterocycles. The summed E-state index contributed by atoms with van der Waals surface area (Å²) in [4.78, 5) is 25.3. The summed E-state index contributed by atoms with van der Waals surface area (Å²) in [5.41, 5.74) is 0. The molecule has 1 aliphatic heterocycles. The van der Waals surface area contributed by atoms with E-state index in [4.69, 9.17) is 4.74 Å². The normalized spacial score (nSPS) is 22.8. The highest BCUT2D eigenvalue weighted by Crippen LogP contribution is 2.21. The van der Waals surface area contributed by atoms with Gasteiger partial charge in [-0.25, -0.2) is 4.79 Å². The summed E-state index contributed by atoms with van der Waals surface area (Å²) in [6.45, 7) is 7.10. The van der Waals surface area contributed by atoms with Crippen molar-refractivity contribution < 1.29 is 19.4 Å². The average molecular weight is 300 g/mol. The number of ether oxygens (including phenoxy) is 1. The summed E-state index contributed by atoms with van der Waals surface area (Å²) in [6, 6.07) is -0.453. The lowest BCUT2D eigenvalue weighted by molar-refractivity contribution is -0.142. The number of unbranched alkanes of at least 4 members (excludes halogenated alkanes) is 1. The van der Waals surface area contributed by atoms with Crippen molar-refractivity contribution in [3.05, 3.63) is 0 Å². The molecule has 0 saturated carbocycles. The highest BCUT2D eigenvalue weighted by molar-refractivity contribution is 5.77. The predicted molar refractivity (Wildman–Crippen MR) is 80.2 cm³/mol. The molecule has 0 radical (unpaired) electrons. The average Bonchev–Trinajstić information content (AvgIpc) is 2.91.